The molecular formula is C17H20FN3. The van der Waals surface area contributed by atoms with Crippen LogP contribution in [0.5, 0.6) is 0 Å². The molecule has 0 unspecified atom stereocenters. The summed E-state index contributed by atoms with van der Waals surface area (Å²) in [5, 5.41) is 3.37. The van der Waals surface area contributed by atoms with Gasteiger partial charge in [-0.1, -0.05) is 12.1 Å². The van der Waals surface area contributed by atoms with Crippen molar-refractivity contribution >= 4 is 17.3 Å². The summed E-state index contributed by atoms with van der Waals surface area (Å²) in [6.45, 7) is 7.14. The molecule has 3 nitrogen and oxygen atoms in total. The second-order valence-electron chi connectivity index (χ2n) is 6.43. The van der Waals surface area contributed by atoms with Gasteiger partial charge in [0.15, 0.2) is 0 Å². The highest BCUT2D eigenvalue weighted by molar-refractivity contribution is 5.68. The molecule has 1 aromatic carbocycles. The van der Waals surface area contributed by atoms with E-state index in [9.17, 15) is 4.39 Å². The van der Waals surface area contributed by atoms with Gasteiger partial charge in [-0.25, -0.2) is 9.37 Å². The zero-order valence-electron chi connectivity index (χ0n) is 12.7. The minimum atomic E-state index is -0.204. The molecule has 2 heterocycles. The number of anilines is 3. The minimum Gasteiger partial charge on any atom is -0.365 e. The lowest BCUT2D eigenvalue weighted by Gasteiger charge is -2.23. The predicted molar refractivity (Wildman–Crippen MR) is 84.7 cm³/mol. The minimum absolute atomic E-state index is 0.0410. The fourth-order valence-electron chi connectivity index (χ4n) is 2.62. The van der Waals surface area contributed by atoms with E-state index in [2.05, 4.69) is 36.0 Å². The van der Waals surface area contributed by atoms with Crippen molar-refractivity contribution in [2.24, 2.45) is 0 Å². The van der Waals surface area contributed by atoms with Crippen molar-refractivity contribution in [1.82, 2.24) is 4.98 Å². The highest BCUT2D eigenvalue weighted by Gasteiger charge is 2.22. The van der Waals surface area contributed by atoms with E-state index in [1.807, 2.05) is 24.3 Å². The predicted octanol–water partition coefficient (Wildman–Crippen LogP) is 4.13. The largest absolute Gasteiger partial charge is 0.365 e. The summed E-state index contributed by atoms with van der Waals surface area (Å²) in [6, 6.07) is 10.9. The number of nitrogens with one attached hydrogen (secondary N) is 1. The van der Waals surface area contributed by atoms with E-state index in [1.54, 1.807) is 6.07 Å². The van der Waals surface area contributed by atoms with Crippen LogP contribution in [-0.2, 0) is 6.42 Å². The average Bonchev–Trinajstić information content (AvgIpc) is 2.80. The first kappa shape index (κ1) is 13.9. The topological polar surface area (TPSA) is 28.2 Å². The zero-order valence-corrected chi connectivity index (χ0v) is 12.7. The smallest absolute Gasteiger partial charge is 0.135 e. The number of benzene rings is 1. The van der Waals surface area contributed by atoms with Gasteiger partial charge < -0.3 is 10.2 Å². The van der Waals surface area contributed by atoms with Crippen molar-refractivity contribution in [3.63, 3.8) is 0 Å². The molecule has 1 aromatic heterocycles. The number of pyridine rings is 1. The third kappa shape index (κ3) is 2.99. The van der Waals surface area contributed by atoms with E-state index in [0.717, 1.165) is 30.3 Å². The standard InChI is InChI=1S/C17H20FN3/c1-17(2,3)20-15-5-4-6-16(19-15)21-10-9-12-7-8-13(18)11-14(12)21/h4-8,11H,9-10H2,1-3H3,(H,19,20). The van der Waals surface area contributed by atoms with Gasteiger partial charge in [0, 0.05) is 17.8 Å². The first-order valence-corrected chi connectivity index (χ1v) is 7.24. The van der Waals surface area contributed by atoms with Crippen LogP contribution in [0.2, 0.25) is 0 Å². The van der Waals surface area contributed by atoms with Crippen LogP contribution in [0, 0.1) is 5.82 Å². The van der Waals surface area contributed by atoms with Gasteiger partial charge in [0.1, 0.15) is 17.5 Å². The maximum Gasteiger partial charge on any atom is 0.135 e. The first-order chi connectivity index (χ1) is 9.92. The van der Waals surface area contributed by atoms with Gasteiger partial charge in [0.25, 0.3) is 0 Å². The van der Waals surface area contributed by atoms with Gasteiger partial charge in [-0.3, -0.25) is 0 Å². The van der Waals surface area contributed by atoms with Crippen LogP contribution in [0.1, 0.15) is 26.3 Å². The summed E-state index contributed by atoms with van der Waals surface area (Å²) >= 11 is 0. The van der Waals surface area contributed by atoms with E-state index >= 15 is 0 Å². The molecule has 110 valence electrons. The molecule has 2 aromatic rings. The average molecular weight is 285 g/mol. The fraction of sp³-hybridized carbons (Fsp3) is 0.353. The molecule has 0 saturated carbocycles. The number of aromatic nitrogens is 1. The van der Waals surface area contributed by atoms with Crippen molar-refractivity contribution in [3.05, 3.63) is 47.8 Å². The van der Waals surface area contributed by atoms with Crippen molar-refractivity contribution in [2.45, 2.75) is 32.7 Å². The summed E-state index contributed by atoms with van der Waals surface area (Å²) in [7, 11) is 0. The second kappa shape index (κ2) is 5.02. The zero-order chi connectivity index (χ0) is 15.0. The highest BCUT2D eigenvalue weighted by Crippen LogP contribution is 2.34. The molecule has 0 radical (unpaired) electrons. The molecular weight excluding hydrogens is 265 g/mol. The van der Waals surface area contributed by atoms with Crippen LogP contribution in [0.25, 0.3) is 0 Å². The lowest BCUT2D eigenvalue weighted by atomic mass is 10.1. The number of hydrogen-bond acceptors (Lipinski definition) is 3. The number of nitrogens with zero attached hydrogens (tertiary/aromatic N) is 2. The maximum absolute atomic E-state index is 13.5. The Bertz CT molecular complexity index is 661. The van der Waals surface area contributed by atoms with E-state index in [0.29, 0.717) is 0 Å². The van der Waals surface area contributed by atoms with Crippen molar-refractivity contribution in [1.29, 1.82) is 0 Å². The van der Waals surface area contributed by atoms with Crippen LogP contribution in [0.3, 0.4) is 0 Å². The summed E-state index contributed by atoms with van der Waals surface area (Å²) in [5.74, 6) is 1.49. The summed E-state index contributed by atoms with van der Waals surface area (Å²) in [4.78, 5) is 6.74. The van der Waals surface area contributed by atoms with Crippen LogP contribution in [0.15, 0.2) is 36.4 Å². The van der Waals surface area contributed by atoms with Gasteiger partial charge in [0.2, 0.25) is 0 Å². The Morgan fingerprint density at radius 3 is 2.76 bits per heavy atom. The molecule has 0 amide bonds. The Hall–Kier alpha value is -2.10. The quantitative estimate of drug-likeness (QED) is 0.899. The number of hydrogen-bond donors (Lipinski definition) is 1. The molecule has 0 saturated heterocycles. The van der Waals surface area contributed by atoms with Crippen LogP contribution >= 0.6 is 0 Å². The summed E-state index contributed by atoms with van der Waals surface area (Å²) in [5.41, 5.74) is 2.06. The molecule has 21 heavy (non-hydrogen) atoms. The Kier molecular flexibility index (Phi) is 3.32. The van der Waals surface area contributed by atoms with Gasteiger partial charge in [-0.15, -0.1) is 0 Å². The molecule has 0 atom stereocenters. The number of fused-ring (bicyclic) bond motifs is 1. The van der Waals surface area contributed by atoms with E-state index < -0.39 is 0 Å². The molecule has 1 aliphatic rings. The van der Waals surface area contributed by atoms with Crippen LogP contribution in [-0.4, -0.2) is 17.1 Å². The normalized spacial score (nSPS) is 14.2. The SMILES string of the molecule is CC(C)(C)Nc1cccc(N2CCc3ccc(F)cc32)n1. The van der Waals surface area contributed by atoms with Crippen molar-refractivity contribution in [3.8, 4) is 0 Å². The summed E-state index contributed by atoms with van der Waals surface area (Å²) < 4.78 is 13.5. The van der Waals surface area contributed by atoms with E-state index in [-0.39, 0.29) is 11.4 Å². The summed E-state index contributed by atoms with van der Waals surface area (Å²) in [6.07, 6.45) is 0.925. The van der Waals surface area contributed by atoms with Crippen LogP contribution in [0.4, 0.5) is 21.7 Å². The van der Waals surface area contributed by atoms with Crippen LogP contribution < -0.4 is 10.2 Å². The maximum atomic E-state index is 13.5. The number of rotatable bonds is 2. The highest BCUT2D eigenvalue weighted by atomic mass is 19.1. The number of halogens is 1. The molecule has 3 rings (SSSR count). The van der Waals surface area contributed by atoms with Crippen molar-refractivity contribution in [2.75, 3.05) is 16.8 Å². The molecule has 0 fully saturated rings. The third-order valence-corrected chi connectivity index (χ3v) is 3.46. The Balaban J connectivity index is 1.93. The third-order valence-electron chi connectivity index (χ3n) is 3.46. The molecule has 0 spiro atoms. The lowest BCUT2D eigenvalue weighted by Crippen LogP contribution is -2.27. The van der Waals surface area contributed by atoms with E-state index in [1.165, 1.54) is 11.6 Å². The molecule has 1 aliphatic heterocycles. The van der Waals surface area contributed by atoms with Crippen molar-refractivity contribution < 1.29 is 4.39 Å². The van der Waals surface area contributed by atoms with E-state index in [4.69, 9.17) is 0 Å². The van der Waals surface area contributed by atoms with Gasteiger partial charge in [-0.2, -0.15) is 0 Å². The Labute approximate surface area is 124 Å². The molecule has 1 N–H and O–H groups in total. The second-order valence-corrected chi connectivity index (χ2v) is 6.43. The Morgan fingerprint density at radius 1 is 1.19 bits per heavy atom. The Morgan fingerprint density at radius 2 is 2.00 bits per heavy atom. The lowest BCUT2D eigenvalue weighted by molar-refractivity contribution is 0.628. The molecule has 0 bridgehead atoms. The van der Waals surface area contributed by atoms with Gasteiger partial charge >= 0.3 is 0 Å². The monoisotopic (exact) mass is 285 g/mol. The van der Waals surface area contributed by atoms with Gasteiger partial charge in [-0.05, 0) is 57.0 Å². The first-order valence-electron chi connectivity index (χ1n) is 7.24. The molecule has 0 aliphatic carbocycles. The fourth-order valence-corrected chi connectivity index (χ4v) is 2.62. The molecule has 4 heteroatoms. The van der Waals surface area contributed by atoms with Gasteiger partial charge in [0.05, 0.1) is 0 Å².